The van der Waals surface area contributed by atoms with Crippen molar-refractivity contribution in [3.8, 4) is 0 Å². The Hall–Kier alpha value is -2.31. The maximum Gasteiger partial charge on any atom is 0.377 e. The van der Waals surface area contributed by atoms with Crippen LogP contribution in [0.15, 0.2) is 82.9 Å². The van der Waals surface area contributed by atoms with E-state index < -0.39 is 7.60 Å². The lowest BCUT2D eigenvalue weighted by Crippen LogP contribution is -2.16. The Balaban J connectivity index is 1.75. The summed E-state index contributed by atoms with van der Waals surface area (Å²) < 4.78 is 23.4. The second kappa shape index (κ2) is 11.2. The molecule has 1 saturated heterocycles. The van der Waals surface area contributed by atoms with Crippen LogP contribution in [-0.2, 0) is 13.7 Å². The summed E-state index contributed by atoms with van der Waals surface area (Å²) in [5, 5.41) is 0.903. The van der Waals surface area contributed by atoms with E-state index in [1.807, 2.05) is 0 Å². The summed E-state index contributed by atoms with van der Waals surface area (Å²) in [6, 6.07) is 12.5. The highest BCUT2D eigenvalue weighted by Gasteiger charge is 2.30. The van der Waals surface area contributed by atoms with Crippen LogP contribution >= 0.6 is 30.8 Å². The highest BCUT2D eigenvalue weighted by Crippen LogP contribution is 2.46. The minimum absolute atomic E-state index is 0.242. The van der Waals surface area contributed by atoms with E-state index in [0.29, 0.717) is 52.2 Å². The Kier molecular flexibility index (Phi) is 8.60. The van der Waals surface area contributed by atoms with Crippen molar-refractivity contribution in [1.29, 1.82) is 0 Å². The molecule has 6 nitrogen and oxygen atoms in total. The summed E-state index contributed by atoms with van der Waals surface area (Å²) in [5.74, 6) is -0.511. The number of benzene rings is 2. The van der Waals surface area contributed by atoms with E-state index in [4.69, 9.17) is 32.4 Å². The number of rotatable bonds is 7. The average Bonchev–Trinajstić information content (AvgIpc) is 3.06. The summed E-state index contributed by atoms with van der Waals surface area (Å²) in [4.78, 5) is 25.5. The first-order chi connectivity index (χ1) is 15.7. The predicted octanol–water partition coefficient (Wildman–Crippen LogP) is 5.68. The molecule has 0 aliphatic carbocycles. The average molecular weight is 506 g/mol. The highest BCUT2D eigenvalue weighted by molar-refractivity contribution is 7.62. The molecule has 1 N–H and O–H groups in total. The van der Waals surface area contributed by atoms with Crippen molar-refractivity contribution in [3.05, 3.63) is 99.6 Å². The van der Waals surface area contributed by atoms with Crippen LogP contribution in [0, 0.1) is 0 Å². The molecule has 172 valence electrons. The molecule has 2 aromatic carbocycles. The zero-order valence-corrected chi connectivity index (χ0v) is 20.3. The van der Waals surface area contributed by atoms with Crippen LogP contribution < -0.4 is 10.8 Å². The molecule has 0 radical (unpaired) electrons. The number of Topliss-reactive ketones (excluding diaryl/α,β-unsaturated/α-hetero) is 1. The molecule has 0 saturated carbocycles. The molecule has 2 aromatic rings. The van der Waals surface area contributed by atoms with Crippen LogP contribution in [0.5, 0.6) is 0 Å². The number of allylic oxidation sites excluding steroid dienone is 5. The topological polar surface area (TPSA) is 81.7 Å². The van der Waals surface area contributed by atoms with Crippen LogP contribution in [0.3, 0.4) is 0 Å². The van der Waals surface area contributed by atoms with E-state index >= 15 is 0 Å². The van der Waals surface area contributed by atoms with E-state index in [1.165, 1.54) is 12.2 Å². The molecule has 1 fully saturated rings. The first-order valence-electron chi connectivity index (χ1n) is 10.1. The molecule has 33 heavy (non-hydrogen) atoms. The Bertz CT molecular complexity index is 1160. The van der Waals surface area contributed by atoms with Crippen molar-refractivity contribution in [3.63, 3.8) is 0 Å². The molecule has 0 bridgehead atoms. The molecule has 3 rings (SSSR count). The van der Waals surface area contributed by atoms with Crippen molar-refractivity contribution in [2.24, 2.45) is 0 Å². The Morgan fingerprint density at radius 2 is 1.58 bits per heavy atom. The molecule has 1 heterocycles. The lowest BCUT2D eigenvalue weighted by atomic mass is 9.99. The van der Waals surface area contributed by atoms with Crippen molar-refractivity contribution in [1.82, 2.24) is 5.48 Å². The van der Waals surface area contributed by atoms with Gasteiger partial charge in [-0.15, -0.1) is 0 Å². The quantitative estimate of drug-likeness (QED) is 0.225. The number of hydrogen-bond donors (Lipinski definition) is 1. The maximum absolute atomic E-state index is 12.9. The van der Waals surface area contributed by atoms with Crippen LogP contribution in [0.2, 0.25) is 0 Å². The monoisotopic (exact) mass is 505 g/mol. The van der Waals surface area contributed by atoms with Gasteiger partial charge in [-0.1, -0.05) is 66.2 Å². The van der Waals surface area contributed by atoms with E-state index in [9.17, 15) is 14.2 Å². The highest BCUT2D eigenvalue weighted by atomic mass is 35.5. The van der Waals surface area contributed by atoms with Crippen LogP contribution in [0.1, 0.15) is 39.6 Å². The number of halogens is 2. The Morgan fingerprint density at radius 1 is 1.00 bits per heavy atom. The zero-order chi connectivity index (χ0) is 24.0. The number of carbonyl (C=O) groups is 2. The number of carbonyl (C=O) groups excluding carboxylic acids is 2. The van der Waals surface area contributed by atoms with Gasteiger partial charge in [-0.3, -0.25) is 14.2 Å². The molecule has 0 amide bonds. The van der Waals surface area contributed by atoms with Gasteiger partial charge in [0, 0.05) is 38.9 Å². The van der Waals surface area contributed by atoms with E-state index in [2.05, 4.69) is 12.1 Å². The predicted molar refractivity (Wildman–Crippen MR) is 130 cm³/mol. The lowest BCUT2D eigenvalue weighted by molar-refractivity contribution is 0.102. The van der Waals surface area contributed by atoms with E-state index in [-0.39, 0.29) is 16.6 Å². The second-order valence-electron chi connectivity index (χ2n) is 7.21. The van der Waals surface area contributed by atoms with Gasteiger partial charge in [-0.05, 0) is 37.6 Å². The molecule has 0 aromatic heterocycles. The third-order valence-electron chi connectivity index (χ3n) is 4.83. The van der Waals surface area contributed by atoms with Crippen molar-refractivity contribution in [2.75, 3.05) is 13.2 Å². The second-order valence-corrected chi connectivity index (χ2v) is 10.1. The Morgan fingerprint density at radius 3 is 2.18 bits per heavy atom. The van der Waals surface area contributed by atoms with Gasteiger partial charge in [-0.2, -0.15) is 5.48 Å². The summed E-state index contributed by atoms with van der Waals surface area (Å²) in [6.07, 6.45) is 3.68. The number of nitrogens with one attached hydrogen (secondary N) is 1. The zero-order valence-electron chi connectivity index (χ0n) is 17.8. The van der Waals surface area contributed by atoms with Gasteiger partial charge in [0.25, 0.3) is 0 Å². The Labute approximate surface area is 202 Å². The molecule has 1 aliphatic heterocycles. The van der Waals surface area contributed by atoms with Crippen molar-refractivity contribution >= 4 is 47.7 Å². The van der Waals surface area contributed by atoms with Gasteiger partial charge < -0.3 is 4.52 Å². The van der Waals surface area contributed by atoms with Gasteiger partial charge in [-0.25, -0.2) is 4.62 Å². The first kappa shape index (κ1) is 25.3. The van der Waals surface area contributed by atoms with Gasteiger partial charge in [0.1, 0.15) is 0 Å². The molecule has 0 spiro atoms. The normalized spacial score (nSPS) is 19.6. The molecule has 1 aliphatic rings. The minimum atomic E-state index is -3.47. The lowest BCUT2D eigenvalue weighted by Gasteiger charge is -2.15. The fraction of sp³-hybridized carbons (Fsp3) is 0.167. The van der Waals surface area contributed by atoms with Gasteiger partial charge in [0.05, 0.1) is 11.9 Å². The summed E-state index contributed by atoms with van der Waals surface area (Å²) in [5.41, 5.74) is 4.17. The third-order valence-corrected chi connectivity index (χ3v) is 7.19. The van der Waals surface area contributed by atoms with Crippen LogP contribution in [0.25, 0.3) is 0 Å². The number of hydroxylamine groups is 1. The minimum Gasteiger partial charge on any atom is -0.304 e. The molecule has 1 unspecified atom stereocenters. The molecular formula is C24H22Cl2NO5P. The smallest absolute Gasteiger partial charge is 0.304 e. The number of hydrogen-bond acceptors (Lipinski definition) is 6. The first-order valence-corrected chi connectivity index (χ1v) is 12.4. The summed E-state index contributed by atoms with van der Waals surface area (Å²) >= 11 is 11.8. The summed E-state index contributed by atoms with van der Waals surface area (Å²) in [7, 11) is -3.47. The summed E-state index contributed by atoms with van der Waals surface area (Å²) in [6.45, 7) is 5.99. The van der Waals surface area contributed by atoms with E-state index in [0.717, 1.165) is 0 Å². The fourth-order valence-electron chi connectivity index (χ4n) is 2.96. The van der Waals surface area contributed by atoms with Crippen molar-refractivity contribution in [2.45, 2.75) is 13.3 Å². The molecular weight excluding hydrogens is 484 g/mol. The standard InChI is InChI=1S/C24H22Cl2NO5P/c1-16(25)4-13-22(26)17(2)23(28)18-5-7-19(8-6-18)24(29)20-9-11-21(12-10-20)33(30)31-15-3-14-27-32-33/h4-13,27H,1,3,14-15H2,2H3/b13-4-,22-17-. The SMILES string of the molecule is C=C(Cl)/C=C\C(Cl)=C(/C)C(=O)c1ccc(C(=O)c2ccc(P3(=O)OCCCNO3)cc2)cc1. The van der Waals surface area contributed by atoms with Crippen molar-refractivity contribution < 1.29 is 23.3 Å². The maximum atomic E-state index is 12.9. The van der Waals surface area contributed by atoms with Crippen LogP contribution in [0.4, 0.5) is 0 Å². The largest absolute Gasteiger partial charge is 0.377 e. The van der Waals surface area contributed by atoms with Crippen LogP contribution in [-0.4, -0.2) is 24.7 Å². The van der Waals surface area contributed by atoms with E-state index in [1.54, 1.807) is 55.5 Å². The molecule has 1 atom stereocenters. The van der Waals surface area contributed by atoms with Gasteiger partial charge in [0.15, 0.2) is 11.6 Å². The third kappa shape index (κ3) is 6.39. The molecule has 9 heteroatoms. The van der Waals surface area contributed by atoms with Gasteiger partial charge >= 0.3 is 7.60 Å². The van der Waals surface area contributed by atoms with Gasteiger partial charge in [0.2, 0.25) is 0 Å². The fourth-order valence-corrected chi connectivity index (χ4v) is 4.63. The number of ketones is 2.